The quantitative estimate of drug-likeness (QED) is 0.400. The summed E-state index contributed by atoms with van der Waals surface area (Å²) < 4.78 is 0. The highest BCUT2D eigenvalue weighted by molar-refractivity contribution is 8.32. The molecule has 0 heterocycles. The predicted octanol–water partition coefficient (Wildman–Crippen LogP) is 6.09. The first-order valence-electron chi connectivity index (χ1n) is 8.02. The van der Waals surface area contributed by atoms with Crippen LogP contribution in [-0.2, 0) is 0 Å². The van der Waals surface area contributed by atoms with Crippen molar-refractivity contribution in [1.29, 1.82) is 0 Å². The van der Waals surface area contributed by atoms with Crippen LogP contribution in [-0.4, -0.2) is 24.0 Å². The molecule has 0 nitrogen and oxygen atoms in total. The summed E-state index contributed by atoms with van der Waals surface area (Å²) in [6.07, 6.45) is 15.2. The molecule has 0 aromatic rings. The van der Waals surface area contributed by atoms with Crippen LogP contribution in [0.25, 0.3) is 0 Å². The van der Waals surface area contributed by atoms with E-state index in [0.717, 1.165) is 11.8 Å². The van der Waals surface area contributed by atoms with Crippen LogP contribution in [0.4, 0.5) is 0 Å². The average molecular weight is 275 g/mol. The zero-order valence-corrected chi connectivity index (χ0v) is 14.7. The maximum absolute atomic E-state index is 2.54. The third-order valence-electron chi connectivity index (χ3n) is 3.71. The molecule has 0 amide bonds. The maximum Gasteiger partial charge on any atom is -0.0233 e. The van der Waals surface area contributed by atoms with Crippen LogP contribution < -0.4 is 0 Å². The number of rotatable bonds is 11. The van der Waals surface area contributed by atoms with E-state index in [-0.39, 0.29) is 10.0 Å². The Balaban J connectivity index is 3.46. The summed E-state index contributed by atoms with van der Waals surface area (Å²) >= 11 is 0. The molecule has 0 aliphatic carbocycles. The van der Waals surface area contributed by atoms with Gasteiger partial charge in [0.15, 0.2) is 0 Å². The van der Waals surface area contributed by atoms with Gasteiger partial charge in [0.25, 0.3) is 0 Å². The van der Waals surface area contributed by atoms with Crippen LogP contribution in [0.2, 0.25) is 0 Å². The topological polar surface area (TPSA) is 0 Å². The second-order valence-corrected chi connectivity index (χ2v) is 11.7. The van der Waals surface area contributed by atoms with E-state index in [2.05, 4.69) is 40.2 Å². The van der Waals surface area contributed by atoms with Crippen molar-refractivity contribution in [2.24, 2.45) is 11.8 Å². The molecule has 0 aromatic carbocycles. The van der Waals surface area contributed by atoms with Crippen molar-refractivity contribution in [2.75, 3.05) is 24.0 Å². The highest BCUT2D eigenvalue weighted by Crippen LogP contribution is 2.42. The van der Waals surface area contributed by atoms with Crippen molar-refractivity contribution < 1.29 is 0 Å². The second-order valence-electron chi connectivity index (χ2n) is 7.31. The molecule has 0 fully saturated rings. The Hall–Kier alpha value is 0.350. The summed E-state index contributed by atoms with van der Waals surface area (Å²) in [7, 11) is -0.281. The molecule has 0 spiro atoms. The van der Waals surface area contributed by atoms with E-state index in [1.165, 1.54) is 56.5 Å². The minimum Gasteiger partial charge on any atom is -0.247 e. The zero-order valence-electron chi connectivity index (χ0n) is 13.9. The molecule has 1 heteroatoms. The summed E-state index contributed by atoms with van der Waals surface area (Å²) in [5.41, 5.74) is 0. The first-order chi connectivity index (χ1) is 8.33. The maximum atomic E-state index is 2.54. The molecule has 18 heavy (non-hydrogen) atoms. The van der Waals surface area contributed by atoms with Crippen molar-refractivity contribution in [3.8, 4) is 0 Å². The summed E-state index contributed by atoms with van der Waals surface area (Å²) in [5.74, 6) is 4.78. The molecule has 0 saturated heterocycles. The molecule has 0 rings (SSSR count). The lowest BCUT2D eigenvalue weighted by atomic mass is 10.0. The third kappa shape index (κ3) is 12.8. The van der Waals surface area contributed by atoms with E-state index in [1.54, 1.807) is 0 Å². The zero-order chi connectivity index (χ0) is 14.0. The first-order valence-corrected chi connectivity index (χ1v) is 10.8. The van der Waals surface area contributed by atoms with Crippen LogP contribution in [0, 0.1) is 11.8 Å². The monoisotopic (exact) mass is 274 g/mol. The molecule has 0 radical (unpaired) electrons. The van der Waals surface area contributed by atoms with E-state index < -0.39 is 0 Å². The molecule has 0 N–H and O–H groups in total. The fourth-order valence-corrected chi connectivity index (χ4v) is 4.52. The summed E-state index contributed by atoms with van der Waals surface area (Å²) in [6, 6.07) is 0. The van der Waals surface area contributed by atoms with Gasteiger partial charge in [0.05, 0.1) is 0 Å². The van der Waals surface area contributed by atoms with E-state index in [4.69, 9.17) is 0 Å². The molecular formula is C17H38S. The SMILES string of the molecule is CC(C)CCCCCCS(C)(C)CCCC(C)C. The van der Waals surface area contributed by atoms with Gasteiger partial charge in [-0.25, -0.2) is 10.0 Å². The van der Waals surface area contributed by atoms with Gasteiger partial charge < -0.3 is 0 Å². The molecular weight excluding hydrogens is 236 g/mol. The number of unbranched alkanes of at least 4 members (excludes halogenated alkanes) is 3. The van der Waals surface area contributed by atoms with Crippen molar-refractivity contribution in [3.63, 3.8) is 0 Å². The van der Waals surface area contributed by atoms with Crippen molar-refractivity contribution in [1.82, 2.24) is 0 Å². The molecule has 0 unspecified atom stereocenters. The Labute approximate surface area is 119 Å². The van der Waals surface area contributed by atoms with Gasteiger partial charge in [-0.3, -0.25) is 0 Å². The third-order valence-corrected chi connectivity index (χ3v) is 6.49. The number of hydrogen-bond donors (Lipinski definition) is 0. The normalized spacial score (nSPS) is 13.6. The average Bonchev–Trinajstić information content (AvgIpc) is 2.21. The lowest BCUT2D eigenvalue weighted by Crippen LogP contribution is -2.07. The molecule has 0 bridgehead atoms. The van der Waals surface area contributed by atoms with Crippen LogP contribution in [0.5, 0.6) is 0 Å². The van der Waals surface area contributed by atoms with E-state index in [1.807, 2.05) is 0 Å². The molecule has 0 aromatic heterocycles. The van der Waals surface area contributed by atoms with E-state index >= 15 is 0 Å². The molecule has 0 saturated carbocycles. The smallest absolute Gasteiger partial charge is 0.0233 e. The van der Waals surface area contributed by atoms with Crippen LogP contribution >= 0.6 is 10.0 Å². The van der Waals surface area contributed by atoms with Crippen LogP contribution in [0.1, 0.15) is 72.6 Å². The van der Waals surface area contributed by atoms with Gasteiger partial charge in [0.2, 0.25) is 0 Å². The first kappa shape index (κ1) is 18.4. The Morgan fingerprint density at radius 1 is 0.611 bits per heavy atom. The molecule has 0 aliphatic heterocycles. The van der Waals surface area contributed by atoms with Crippen LogP contribution in [0.3, 0.4) is 0 Å². The highest BCUT2D eigenvalue weighted by Gasteiger charge is 2.11. The largest absolute Gasteiger partial charge is 0.247 e. The Morgan fingerprint density at radius 2 is 1.06 bits per heavy atom. The minimum absolute atomic E-state index is 0.281. The highest BCUT2D eigenvalue weighted by atomic mass is 32.3. The van der Waals surface area contributed by atoms with Crippen molar-refractivity contribution in [2.45, 2.75) is 72.6 Å². The van der Waals surface area contributed by atoms with Gasteiger partial charge in [0.1, 0.15) is 0 Å². The summed E-state index contributed by atoms with van der Waals surface area (Å²) in [5, 5.41) is 0. The van der Waals surface area contributed by atoms with Crippen molar-refractivity contribution in [3.05, 3.63) is 0 Å². The standard InChI is InChI=1S/C17H38S/c1-16(2)12-9-7-8-10-14-18(5,6)15-11-13-17(3)4/h16-17H,7-15H2,1-6H3. The lowest BCUT2D eigenvalue weighted by molar-refractivity contribution is 0.525. The van der Waals surface area contributed by atoms with E-state index in [9.17, 15) is 0 Å². The second kappa shape index (κ2) is 10.2. The molecule has 112 valence electrons. The van der Waals surface area contributed by atoms with Gasteiger partial charge in [-0.05, 0) is 48.7 Å². The summed E-state index contributed by atoms with van der Waals surface area (Å²) in [6.45, 7) is 9.36. The Bertz CT molecular complexity index is 182. The Morgan fingerprint density at radius 3 is 1.61 bits per heavy atom. The fourth-order valence-electron chi connectivity index (χ4n) is 2.38. The van der Waals surface area contributed by atoms with Crippen LogP contribution in [0.15, 0.2) is 0 Å². The molecule has 0 aliphatic rings. The molecule has 0 atom stereocenters. The van der Waals surface area contributed by atoms with Crippen molar-refractivity contribution >= 4 is 10.0 Å². The van der Waals surface area contributed by atoms with Gasteiger partial charge in [-0.15, -0.1) is 0 Å². The van der Waals surface area contributed by atoms with Gasteiger partial charge in [-0.2, -0.15) is 0 Å². The van der Waals surface area contributed by atoms with E-state index in [0.29, 0.717) is 0 Å². The summed E-state index contributed by atoms with van der Waals surface area (Å²) in [4.78, 5) is 0. The fraction of sp³-hybridized carbons (Fsp3) is 1.00. The number of hydrogen-bond acceptors (Lipinski definition) is 0. The van der Waals surface area contributed by atoms with Gasteiger partial charge in [0, 0.05) is 0 Å². The van der Waals surface area contributed by atoms with Gasteiger partial charge >= 0.3 is 0 Å². The Kier molecular flexibility index (Phi) is 10.4. The predicted molar refractivity (Wildman–Crippen MR) is 91.2 cm³/mol. The lowest BCUT2D eigenvalue weighted by Gasteiger charge is -2.31. The van der Waals surface area contributed by atoms with Gasteiger partial charge in [-0.1, -0.05) is 59.8 Å². The minimum atomic E-state index is -0.281.